The zero-order valence-corrected chi connectivity index (χ0v) is 16.2. The molecule has 0 saturated heterocycles. The predicted molar refractivity (Wildman–Crippen MR) is 107 cm³/mol. The Morgan fingerprint density at radius 1 is 1.19 bits per heavy atom. The lowest BCUT2D eigenvalue weighted by Crippen LogP contribution is -2.24. The van der Waals surface area contributed by atoms with E-state index in [-0.39, 0.29) is 26.7 Å². The van der Waals surface area contributed by atoms with Crippen molar-refractivity contribution >= 4 is 5.82 Å². The van der Waals surface area contributed by atoms with Gasteiger partial charge in [0.1, 0.15) is 18.2 Å². The van der Waals surface area contributed by atoms with Crippen LogP contribution in [0.2, 0.25) is 0 Å². The zero-order chi connectivity index (χ0) is 19.1. The van der Waals surface area contributed by atoms with Crippen LogP contribution in [0.5, 0.6) is 11.5 Å². The van der Waals surface area contributed by atoms with Crippen LogP contribution in [0.4, 0.5) is 5.82 Å². The normalized spacial score (nSPS) is 11.5. The first-order chi connectivity index (χ1) is 12.5. The lowest BCUT2D eigenvalue weighted by Gasteiger charge is -2.19. The molecule has 7 heteroatoms. The molecule has 0 aliphatic rings. The van der Waals surface area contributed by atoms with Gasteiger partial charge >= 0.3 is 0 Å². The molecule has 2 rings (SSSR count). The second-order valence-electron chi connectivity index (χ2n) is 6.28. The van der Waals surface area contributed by atoms with Crippen molar-refractivity contribution in [1.82, 2.24) is 15.0 Å². The SMILES string of the molecule is C.CCCC(CO)Nc1nc(C)ncc1OCc1ncc(C)c(OC)c1C. The van der Waals surface area contributed by atoms with Crippen molar-refractivity contribution in [3.63, 3.8) is 0 Å². The summed E-state index contributed by atoms with van der Waals surface area (Å²) in [6, 6.07) is -0.0732. The second kappa shape index (κ2) is 10.7. The molecule has 1 atom stereocenters. The molecule has 0 aromatic carbocycles. The maximum Gasteiger partial charge on any atom is 0.180 e. The Kier molecular flexibility index (Phi) is 8.94. The molecule has 0 fully saturated rings. The van der Waals surface area contributed by atoms with Crippen LogP contribution in [0.25, 0.3) is 0 Å². The Labute approximate surface area is 162 Å². The molecule has 27 heavy (non-hydrogen) atoms. The highest BCUT2D eigenvalue weighted by atomic mass is 16.5. The van der Waals surface area contributed by atoms with Crippen molar-refractivity contribution in [2.75, 3.05) is 19.0 Å². The Bertz CT molecular complexity index is 737. The van der Waals surface area contributed by atoms with Crippen LogP contribution in [0.1, 0.15) is 49.8 Å². The van der Waals surface area contributed by atoms with E-state index in [0.717, 1.165) is 35.4 Å². The molecule has 0 spiro atoms. The number of rotatable bonds is 9. The van der Waals surface area contributed by atoms with E-state index in [2.05, 4.69) is 27.2 Å². The Balaban J connectivity index is 0.00000364. The van der Waals surface area contributed by atoms with Gasteiger partial charge in [0, 0.05) is 17.3 Å². The summed E-state index contributed by atoms with van der Waals surface area (Å²) in [5.41, 5.74) is 2.74. The molecular formula is C20H32N4O3. The fraction of sp³-hybridized carbons (Fsp3) is 0.550. The number of aliphatic hydroxyl groups excluding tert-OH is 1. The lowest BCUT2D eigenvalue weighted by molar-refractivity contribution is 0.266. The highest BCUT2D eigenvalue weighted by Gasteiger charge is 2.15. The van der Waals surface area contributed by atoms with E-state index in [0.29, 0.717) is 17.4 Å². The Morgan fingerprint density at radius 3 is 2.56 bits per heavy atom. The molecule has 0 aliphatic heterocycles. The lowest BCUT2D eigenvalue weighted by atomic mass is 10.1. The summed E-state index contributed by atoms with van der Waals surface area (Å²) in [6.07, 6.45) is 5.23. The minimum Gasteiger partial charge on any atom is -0.496 e. The molecule has 0 aliphatic carbocycles. The molecule has 2 aromatic heterocycles. The van der Waals surface area contributed by atoms with Crippen LogP contribution in [0.3, 0.4) is 0 Å². The molecule has 2 heterocycles. The number of pyridine rings is 1. The van der Waals surface area contributed by atoms with Crippen LogP contribution in [-0.4, -0.2) is 39.8 Å². The van der Waals surface area contributed by atoms with E-state index < -0.39 is 0 Å². The number of ether oxygens (including phenoxy) is 2. The van der Waals surface area contributed by atoms with Crippen molar-refractivity contribution < 1.29 is 14.6 Å². The third kappa shape index (κ3) is 5.79. The first-order valence-corrected chi connectivity index (χ1v) is 8.83. The maximum atomic E-state index is 9.54. The van der Waals surface area contributed by atoms with Gasteiger partial charge in [0.15, 0.2) is 11.6 Å². The number of aliphatic hydroxyl groups is 1. The van der Waals surface area contributed by atoms with Crippen molar-refractivity contribution in [3.8, 4) is 11.5 Å². The fourth-order valence-electron chi connectivity index (χ4n) is 2.78. The molecule has 0 amide bonds. The number of anilines is 1. The van der Waals surface area contributed by atoms with E-state index in [9.17, 15) is 5.11 Å². The summed E-state index contributed by atoms with van der Waals surface area (Å²) >= 11 is 0. The summed E-state index contributed by atoms with van der Waals surface area (Å²) < 4.78 is 11.4. The molecule has 7 nitrogen and oxygen atoms in total. The second-order valence-corrected chi connectivity index (χ2v) is 6.28. The summed E-state index contributed by atoms with van der Waals surface area (Å²) in [4.78, 5) is 13.1. The summed E-state index contributed by atoms with van der Waals surface area (Å²) in [5, 5.41) is 12.8. The van der Waals surface area contributed by atoms with Crippen LogP contribution < -0.4 is 14.8 Å². The number of nitrogens with zero attached hydrogens (tertiary/aromatic N) is 3. The number of hydrogen-bond acceptors (Lipinski definition) is 7. The van der Waals surface area contributed by atoms with E-state index in [1.54, 1.807) is 19.5 Å². The molecule has 0 bridgehead atoms. The minimum absolute atomic E-state index is 0. The predicted octanol–water partition coefficient (Wildman–Crippen LogP) is 3.59. The summed E-state index contributed by atoms with van der Waals surface area (Å²) in [7, 11) is 1.65. The highest BCUT2D eigenvalue weighted by molar-refractivity contribution is 5.49. The third-order valence-corrected chi connectivity index (χ3v) is 4.19. The maximum absolute atomic E-state index is 9.54. The van der Waals surface area contributed by atoms with Gasteiger partial charge < -0.3 is 19.9 Å². The first kappa shape index (κ1) is 22.6. The minimum atomic E-state index is -0.0732. The molecule has 0 saturated carbocycles. The van der Waals surface area contributed by atoms with Gasteiger partial charge in [0.05, 0.1) is 31.6 Å². The average Bonchev–Trinajstić information content (AvgIpc) is 2.62. The molecule has 150 valence electrons. The number of methoxy groups -OCH3 is 1. The van der Waals surface area contributed by atoms with Crippen molar-refractivity contribution in [2.24, 2.45) is 0 Å². The van der Waals surface area contributed by atoms with Gasteiger partial charge in [-0.3, -0.25) is 4.98 Å². The first-order valence-electron chi connectivity index (χ1n) is 8.83. The van der Waals surface area contributed by atoms with Gasteiger partial charge in [0.25, 0.3) is 0 Å². The van der Waals surface area contributed by atoms with Gasteiger partial charge in [-0.15, -0.1) is 0 Å². The number of aryl methyl sites for hydroxylation is 2. The van der Waals surface area contributed by atoms with Crippen molar-refractivity contribution in [3.05, 3.63) is 35.0 Å². The molecule has 1 unspecified atom stereocenters. The van der Waals surface area contributed by atoms with Gasteiger partial charge in [0.2, 0.25) is 0 Å². The number of nitrogens with one attached hydrogen (secondary N) is 1. The number of hydrogen-bond donors (Lipinski definition) is 2. The molecule has 0 radical (unpaired) electrons. The van der Waals surface area contributed by atoms with E-state index in [1.165, 1.54) is 0 Å². The Hall–Kier alpha value is -2.41. The molecular weight excluding hydrogens is 344 g/mol. The fourth-order valence-corrected chi connectivity index (χ4v) is 2.78. The van der Waals surface area contributed by atoms with Crippen molar-refractivity contribution in [2.45, 2.75) is 60.6 Å². The summed E-state index contributed by atoms with van der Waals surface area (Å²) in [6.45, 7) is 8.13. The van der Waals surface area contributed by atoms with Crippen molar-refractivity contribution in [1.29, 1.82) is 0 Å². The van der Waals surface area contributed by atoms with Crippen LogP contribution in [-0.2, 0) is 6.61 Å². The van der Waals surface area contributed by atoms with Crippen LogP contribution in [0.15, 0.2) is 12.4 Å². The number of aromatic nitrogens is 3. The third-order valence-electron chi connectivity index (χ3n) is 4.19. The standard InChI is InChI=1S/C19H28N4O3.CH4/c1-6-7-15(10-24)23-19-17(9-20-14(4)22-19)26-11-16-13(3)18(25-5)12(2)8-21-16;/h8-9,15,24H,6-7,10-11H2,1-5H3,(H,20,22,23);1H4. The van der Waals surface area contributed by atoms with Crippen LogP contribution >= 0.6 is 0 Å². The molecule has 2 aromatic rings. The van der Waals surface area contributed by atoms with Gasteiger partial charge in [-0.1, -0.05) is 20.8 Å². The average molecular weight is 377 g/mol. The monoisotopic (exact) mass is 376 g/mol. The van der Waals surface area contributed by atoms with E-state index >= 15 is 0 Å². The largest absolute Gasteiger partial charge is 0.496 e. The summed E-state index contributed by atoms with van der Waals surface area (Å²) in [5.74, 6) is 2.58. The quantitative estimate of drug-likeness (QED) is 0.691. The van der Waals surface area contributed by atoms with E-state index in [1.807, 2.05) is 20.8 Å². The smallest absolute Gasteiger partial charge is 0.180 e. The molecule has 2 N–H and O–H groups in total. The van der Waals surface area contributed by atoms with Crippen LogP contribution in [0, 0.1) is 20.8 Å². The topological polar surface area (TPSA) is 89.4 Å². The van der Waals surface area contributed by atoms with E-state index in [4.69, 9.17) is 9.47 Å². The van der Waals surface area contributed by atoms with Gasteiger partial charge in [-0.05, 0) is 27.2 Å². The zero-order valence-electron chi connectivity index (χ0n) is 16.2. The Morgan fingerprint density at radius 2 is 1.93 bits per heavy atom. The highest BCUT2D eigenvalue weighted by Crippen LogP contribution is 2.27. The van der Waals surface area contributed by atoms with Gasteiger partial charge in [-0.2, -0.15) is 0 Å². The van der Waals surface area contributed by atoms with Gasteiger partial charge in [-0.25, -0.2) is 9.97 Å².